The van der Waals surface area contributed by atoms with Crippen molar-refractivity contribution in [3.63, 3.8) is 0 Å². The summed E-state index contributed by atoms with van der Waals surface area (Å²) in [6.45, 7) is 10.5. The minimum atomic E-state index is -5.08. The van der Waals surface area contributed by atoms with Gasteiger partial charge in [-0.05, 0) is 63.8 Å². The molecule has 3 heterocycles. The number of likely N-dealkylation sites (tertiary alicyclic amines) is 1. The van der Waals surface area contributed by atoms with Gasteiger partial charge in [0.1, 0.15) is 22.9 Å². The van der Waals surface area contributed by atoms with Crippen LogP contribution in [0.15, 0.2) is 40.8 Å². The van der Waals surface area contributed by atoms with Gasteiger partial charge in [-0.3, -0.25) is 9.69 Å². The van der Waals surface area contributed by atoms with Crippen LogP contribution in [0.1, 0.15) is 62.5 Å². The molecule has 37 heavy (non-hydrogen) atoms. The second-order valence-electron chi connectivity index (χ2n) is 9.59. The zero-order valence-corrected chi connectivity index (χ0v) is 21.5. The Hall–Kier alpha value is -3.01. The molecule has 0 saturated carbocycles. The van der Waals surface area contributed by atoms with Gasteiger partial charge in [0.15, 0.2) is 0 Å². The van der Waals surface area contributed by atoms with E-state index in [0.717, 1.165) is 69.3 Å². The van der Waals surface area contributed by atoms with E-state index in [0.29, 0.717) is 6.42 Å². The third-order valence-electron chi connectivity index (χ3n) is 7.03. The number of amides is 1. The lowest BCUT2D eigenvalue weighted by Crippen LogP contribution is -2.50. The summed E-state index contributed by atoms with van der Waals surface area (Å²) < 4.78 is 44.1. The van der Waals surface area contributed by atoms with Gasteiger partial charge in [0.05, 0.1) is 6.54 Å². The van der Waals surface area contributed by atoms with E-state index in [4.69, 9.17) is 19.1 Å². The minimum absolute atomic E-state index is 0.169. The first-order valence-electron chi connectivity index (χ1n) is 12.6. The lowest BCUT2D eigenvalue weighted by molar-refractivity contribution is -0.192. The van der Waals surface area contributed by atoms with Gasteiger partial charge in [-0.15, -0.1) is 0 Å². The number of furan rings is 1. The standard InChI is InChI=1S/C25H34N2O3.C2HF3O2/c1-4-27(5-2)24(28)16-20-17-25(30-23-9-7-6-8-22(20)23)12-14-26(15-13-25)18-21-11-10-19(3)29-21;3-2(4,5)1(6)7/h6-11,20H,4-5,12-18H2,1-3H3;(H,6,7). The van der Waals surface area contributed by atoms with Gasteiger partial charge >= 0.3 is 12.1 Å². The average molecular weight is 525 g/mol. The predicted octanol–water partition coefficient (Wildman–Crippen LogP) is 5.38. The van der Waals surface area contributed by atoms with Crippen molar-refractivity contribution in [3.05, 3.63) is 53.5 Å². The molecule has 2 aromatic rings. The zero-order chi connectivity index (χ0) is 27.2. The van der Waals surface area contributed by atoms with Crippen LogP contribution in [0.5, 0.6) is 5.75 Å². The number of fused-ring (bicyclic) bond motifs is 1. The number of ether oxygens (including phenoxy) is 1. The molecule has 0 bridgehead atoms. The van der Waals surface area contributed by atoms with Gasteiger partial charge in [0.2, 0.25) is 5.91 Å². The first-order chi connectivity index (χ1) is 17.5. The minimum Gasteiger partial charge on any atom is -0.487 e. The maximum absolute atomic E-state index is 12.9. The Bertz CT molecular complexity index is 1060. The number of alkyl halides is 3. The second-order valence-corrected chi connectivity index (χ2v) is 9.59. The maximum atomic E-state index is 12.9. The largest absolute Gasteiger partial charge is 0.490 e. The van der Waals surface area contributed by atoms with Crippen LogP contribution in [0.3, 0.4) is 0 Å². The Morgan fingerprint density at radius 1 is 1.11 bits per heavy atom. The van der Waals surface area contributed by atoms with Crippen LogP contribution in [0.2, 0.25) is 0 Å². The van der Waals surface area contributed by atoms with E-state index in [1.807, 2.05) is 24.0 Å². The number of aliphatic carboxylic acids is 1. The van der Waals surface area contributed by atoms with Crippen molar-refractivity contribution >= 4 is 11.9 Å². The van der Waals surface area contributed by atoms with E-state index in [1.165, 1.54) is 5.56 Å². The summed E-state index contributed by atoms with van der Waals surface area (Å²) in [6.07, 6.45) is -1.63. The van der Waals surface area contributed by atoms with Gasteiger partial charge in [-0.25, -0.2) is 4.79 Å². The summed E-state index contributed by atoms with van der Waals surface area (Å²) in [5.41, 5.74) is 1.02. The van der Waals surface area contributed by atoms with E-state index in [2.05, 4.69) is 43.0 Å². The maximum Gasteiger partial charge on any atom is 0.490 e. The fourth-order valence-corrected chi connectivity index (χ4v) is 5.06. The highest BCUT2D eigenvalue weighted by molar-refractivity contribution is 5.77. The molecule has 1 aromatic carbocycles. The van der Waals surface area contributed by atoms with Crippen LogP contribution in [-0.4, -0.2) is 64.7 Å². The highest BCUT2D eigenvalue weighted by Gasteiger charge is 2.44. The van der Waals surface area contributed by atoms with Gasteiger partial charge < -0.3 is 19.2 Å². The molecule has 1 saturated heterocycles. The third kappa shape index (κ3) is 7.50. The van der Waals surface area contributed by atoms with Crippen LogP contribution in [-0.2, 0) is 16.1 Å². The van der Waals surface area contributed by atoms with E-state index < -0.39 is 12.1 Å². The molecule has 10 heteroatoms. The molecule has 2 aliphatic rings. The molecule has 4 rings (SSSR count). The number of aryl methyl sites for hydroxylation is 1. The van der Waals surface area contributed by atoms with Crippen molar-refractivity contribution < 1.29 is 37.0 Å². The fourth-order valence-electron chi connectivity index (χ4n) is 5.06. The molecule has 204 valence electrons. The Morgan fingerprint density at radius 3 is 2.27 bits per heavy atom. The first-order valence-corrected chi connectivity index (χ1v) is 12.6. The lowest BCUT2D eigenvalue weighted by Gasteiger charge is -2.47. The van der Waals surface area contributed by atoms with Crippen molar-refractivity contribution in [2.24, 2.45) is 0 Å². The Morgan fingerprint density at radius 2 is 1.73 bits per heavy atom. The molecule has 1 aromatic heterocycles. The Labute approximate surface area is 215 Å². The smallest absolute Gasteiger partial charge is 0.487 e. The number of rotatable bonds is 6. The molecule has 0 aliphatic carbocycles. The van der Waals surface area contributed by atoms with E-state index in [1.54, 1.807) is 0 Å². The number of carbonyl (C=O) groups excluding carboxylic acids is 1. The summed E-state index contributed by atoms with van der Waals surface area (Å²) in [5, 5.41) is 7.12. The summed E-state index contributed by atoms with van der Waals surface area (Å²) in [5.74, 6) is 0.681. The van der Waals surface area contributed by atoms with Crippen LogP contribution < -0.4 is 4.74 Å². The number of hydrogen-bond acceptors (Lipinski definition) is 5. The number of halogens is 3. The highest BCUT2D eigenvalue weighted by atomic mass is 19.4. The molecule has 1 amide bonds. The normalized spacial score (nSPS) is 18.8. The lowest BCUT2D eigenvalue weighted by atomic mass is 9.76. The summed E-state index contributed by atoms with van der Waals surface area (Å²) in [4.78, 5) is 26.2. The third-order valence-corrected chi connectivity index (χ3v) is 7.03. The van der Waals surface area contributed by atoms with E-state index in [9.17, 15) is 18.0 Å². The molecule has 1 fully saturated rings. The monoisotopic (exact) mass is 524 g/mol. The molecule has 1 unspecified atom stereocenters. The molecule has 7 nitrogen and oxygen atoms in total. The van der Waals surface area contributed by atoms with Crippen molar-refractivity contribution in [2.75, 3.05) is 26.2 Å². The number of carboxylic acids is 1. The number of carbonyl (C=O) groups is 2. The molecular weight excluding hydrogens is 489 g/mol. The van der Waals surface area contributed by atoms with E-state index in [-0.39, 0.29) is 17.4 Å². The molecule has 0 radical (unpaired) electrons. The molecule has 1 N–H and O–H groups in total. The molecule has 1 atom stereocenters. The van der Waals surface area contributed by atoms with Crippen molar-refractivity contribution in [1.82, 2.24) is 9.80 Å². The van der Waals surface area contributed by atoms with Crippen molar-refractivity contribution in [2.45, 2.75) is 70.7 Å². The summed E-state index contributed by atoms with van der Waals surface area (Å²) >= 11 is 0. The SMILES string of the molecule is CCN(CC)C(=O)CC1CC2(CCN(Cc3ccc(C)o3)CC2)Oc2ccccc21.O=C(O)C(F)(F)F. The number of hydrogen-bond donors (Lipinski definition) is 1. The predicted molar refractivity (Wildman–Crippen MR) is 131 cm³/mol. The first kappa shape index (κ1) is 28.6. The molecular formula is C27H35F3N2O5. The van der Waals surface area contributed by atoms with E-state index >= 15 is 0 Å². The van der Waals surface area contributed by atoms with Crippen molar-refractivity contribution in [1.29, 1.82) is 0 Å². The van der Waals surface area contributed by atoms with Gasteiger partial charge in [-0.1, -0.05) is 18.2 Å². The van der Waals surface area contributed by atoms with Gasteiger partial charge in [-0.2, -0.15) is 13.2 Å². The number of carboxylic acid groups (broad SMARTS) is 1. The average Bonchev–Trinajstić information content (AvgIpc) is 3.26. The van der Waals surface area contributed by atoms with Gasteiger partial charge in [0, 0.05) is 38.5 Å². The molecule has 1 spiro atoms. The zero-order valence-electron chi connectivity index (χ0n) is 21.5. The fraction of sp³-hybridized carbons (Fsp3) is 0.556. The van der Waals surface area contributed by atoms with Crippen LogP contribution in [0.25, 0.3) is 0 Å². The molecule has 2 aliphatic heterocycles. The summed E-state index contributed by atoms with van der Waals surface area (Å²) in [6, 6.07) is 12.4. The Balaban J connectivity index is 0.000000479. The van der Waals surface area contributed by atoms with Crippen LogP contribution in [0.4, 0.5) is 13.2 Å². The van der Waals surface area contributed by atoms with Gasteiger partial charge in [0.25, 0.3) is 0 Å². The number of benzene rings is 1. The van der Waals surface area contributed by atoms with Crippen molar-refractivity contribution in [3.8, 4) is 5.75 Å². The van der Waals surface area contributed by atoms with Crippen LogP contribution in [0, 0.1) is 6.92 Å². The number of nitrogens with zero attached hydrogens (tertiary/aromatic N) is 2. The van der Waals surface area contributed by atoms with Crippen LogP contribution >= 0.6 is 0 Å². The topological polar surface area (TPSA) is 83.2 Å². The number of para-hydroxylation sites is 1. The quantitative estimate of drug-likeness (QED) is 0.546. The Kier molecular flexibility index (Phi) is 9.28. The number of piperidine rings is 1. The summed E-state index contributed by atoms with van der Waals surface area (Å²) in [7, 11) is 0. The second kappa shape index (κ2) is 12.0. The highest BCUT2D eigenvalue weighted by Crippen LogP contribution is 2.46.